The Hall–Kier alpha value is -0.630. The van der Waals surface area contributed by atoms with E-state index in [1.807, 2.05) is 0 Å². The zero-order chi connectivity index (χ0) is 14.6. The summed E-state index contributed by atoms with van der Waals surface area (Å²) in [6.45, 7) is 5.20. The van der Waals surface area contributed by atoms with Crippen molar-refractivity contribution >= 4 is 12.6 Å². The van der Waals surface area contributed by atoms with Crippen LogP contribution in [0.4, 0.5) is 0 Å². The number of thiol groups is 1. The van der Waals surface area contributed by atoms with E-state index in [4.69, 9.17) is 4.74 Å². The second-order valence-electron chi connectivity index (χ2n) is 5.43. The molecular weight excluding hydrogens is 264 g/mol. The van der Waals surface area contributed by atoms with Gasteiger partial charge in [0.15, 0.2) is 0 Å². The lowest BCUT2D eigenvalue weighted by molar-refractivity contribution is 0.340. The summed E-state index contributed by atoms with van der Waals surface area (Å²) >= 11 is 4.22. The molecule has 0 amide bonds. The van der Waals surface area contributed by atoms with Gasteiger partial charge in [0.05, 0.1) is 6.61 Å². The van der Waals surface area contributed by atoms with Crippen LogP contribution < -0.4 is 4.74 Å². The molecule has 0 aromatic heterocycles. The van der Waals surface area contributed by atoms with E-state index >= 15 is 0 Å². The monoisotopic (exact) mass is 294 g/mol. The molecule has 1 rings (SSSR count). The topological polar surface area (TPSA) is 9.23 Å². The zero-order valence-electron chi connectivity index (χ0n) is 13.2. The van der Waals surface area contributed by atoms with Gasteiger partial charge in [-0.1, -0.05) is 51.7 Å². The molecule has 0 saturated carbocycles. The molecule has 1 nitrogen and oxygen atoms in total. The Morgan fingerprint density at radius 1 is 0.950 bits per heavy atom. The lowest BCUT2D eigenvalue weighted by Gasteiger charge is -2.13. The van der Waals surface area contributed by atoms with E-state index in [0.717, 1.165) is 17.9 Å². The Balaban J connectivity index is 2.67. The molecule has 1 aromatic carbocycles. The number of unbranched alkanes of at least 4 members (excludes halogenated alkanes) is 4. The second kappa shape index (κ2) is 11.1. The third-order valence-electron chi connectivity index (χ3n) is 3.59. The minimum absolute atomic E-state index is 0.694. The van der Waals surface area contributed by atoms with Gasteiger partial charge >= 0.3 is 0 Å². The number of benzene rings is 1. The van der Waals surface area contributed by atoms with Crippen LogP contribution >= 0.6 is 12.6 Å². The van der Waals surface area contributed by atoms with Crippen LogP contribution in [-0.4, -0.2) is 12.4 Å². The van der Waals surface area contributed by atoms with Crippen molar-refractivity contribution in [2.24, 2.45) is 0 Å². The predicted octanol–water partition coefficient (Wildman–Crippen LogP) is 5.46. The molecule has 1 aromatic rings. The lowest BCUT2D eigenvalue weighted by Crippen LogP contribution is -2.02. The van der Waals surface area contributed by atoms with Crippen molar-refractivity contribution in [2.75, 3.05) is 12.4 Å². The highest BCUT2D eigenvalue weighted by atomic mass is 32.1. The third-order valence-corrected chi connectivity index (χ3v) is 3.77. The second-order valence-corrected chi connectivity index (χ2v) is 5.88. The summed E-state index contributed by atoms with van der Waals surface area (Å²) in [4.78, 5) is 0. The predicted molar refractivity (Wildman–Crippen MR) is 92.2 cm³/mol. The molecule has 0 fully saturated rings. The Bertz CT molecular complexity index is 362. The molecule has 0 bridgehead atoms. The first-order valence-corrected chi connectivity index (χ1v) is 8.80. The molecule has 20 heavy (non-hydrogen) atoms. The fourth-order valence-corrected chi connectivity index (χ4v) is 2.52. The zero-order valence-corrected chi connectivity index (χ0v) is 14.1. The van der Waals surface area contributed by atoms with Crippen molar-refractivity contribution in [3.05, 3.63) is 29.3 Å². The lowest BCUT2D eigenvalue weighted by atomic mass is 10.0. The number of rotatable bonds is 11. The number of aryl methyl sites for hydroxylation is 2. The Morgan fingerprint density at radius 3 is 2.30 bits per heavy atom. The van der Waals surface area contributed by atoms with Gasteiger partial charge < -0.3 is 4.74 Å². The molecule has 114 valence electrons. The van der Waals surface area contributed by atoms with Crippen LogP contribution in [0.15, 0.2) is 18.2 Å². The van der Waals surface area contributed by atoms with Crippen molar-refractivity contribution in [1.29, 1.82) is 0 Å². The van der Waals surface area contributed by atoms with Crippen LogP contribution in [0.2, 0.25) is 0 Å². The number of hydrogen-bond acceptors (Lipinski definition) is 2. The van der Waals surface area contributed by atoms with E-state index in [1.165, 1.54) is 56.1 Å². The summed E-state index contributed by atoms with van der Waals surface area (Å²) in [7, 11) is 0. The minimum atomic E-state index is 0.694. The molecule has 0 unspecified atom stereocenters. The SMILES string of the molecule is CCCCCc1ccc(OCCS)c(CCCCC)c1. The van der Waals surface area contributed by atoms with E-state index in [1.54, 1.807) is 0 Å². The van der Waals surface area contributed by atoms with Crippen molar-refractivity contribution < 1.29 is 4.74 Å². The highest BCUT2D eigenvalue weighted by Crippen LogP contribution is 2.23. The van der Waals surface area contributed by atoms with Gasteiger partial charge in [0.1, 0.15) is 5.75 Å². The molecule has 0 atom stereocenters. The average molecular weight is 295 g/mol. The highest BCUT2D eigenvalue weighted by Gasteiger charge is 2.05. The molecule has 0 spiro atoms. The fraction of sp³-hybridized carbons (Fsp3) is 0.667. The quantitative estimate of drug-likeness (QED) is 0.421. The van der Waals surface area contributed by atoms with Gasteiger partial charge in [-0.15, -0.1) is 0 Å². The molecule has 0 aliphatic heterocycles. The number of ether oxygens (including phenoxy) is 1. The maximum Gasteiger partial charge on any atom is 0.122 e. The molecule has 0 heterocycles. The first kappa shape index (κ1) is 17.4. The summed E-state index contributed by atoms with van der Waals surface area (Å²) in [5, 5.41) is 0. The van der Waals surface area contributed by atoms with Crippen molar-refractivity contribution in [3.8, 4) is 5.75 Å². The number of hydrogen-bond donors (Lipinski definition) is 1. The van der Waals surface area contributed by atoms with E-state index in [-0.39, 0.29) is 0 Å². The molecular formula is C18H30OS. The normalized spacial score (nSPS) is 10.8. The standard InChI is InChI=1S/C18H30OS/c1-3-5-7-9-16-11-12-18(19-13-14-20)17(15-16)10-8-6-4-2/h11-12,15,20H,3-10,13-14H2,1-2H3. The largest absolute Gasteiger partial charge is 0.492 e. The van der Waals surface area contributed by atoms with Gasteiger partial charge in [0.2, 0.25) is 0 Å². The summed E-state index contributed by atoms with van der Waals surface area (Å²) in [5.74, 6) is 1.83. The first-order chi connectivity index (χ1) is 9.81. The molecule has 0 aliphatic rings. The van der Waals surface area contributed by atoms with E-state index < -0.39 is 0 Å². The maximum atomic E-state index is 5.82. The van der Waals surface area contributed by atoms with E-state index in [2.05, 4.69) is 44.7 Å². The maximum absolute atomic E-state index is 5.82. The third kappa shape index (κ3) is 6.69. The van der Waals surface area contributed by atoms with E-state index in [9.17, 15) is 0 Å². The fourth-order valence-electron chi connectivity index (χ4n) is 2.42. The Kier molecular flexibility index (Phi) is 9.65. The summed E-state index contributed by atoms with van der Waals surface area (Å²) in [6.07, 6.45) is 10.1. The van der Waals surface area contributed by atoms with Crippen molar-refractivity contribution in [2.45, 2.75) is 65.2 Å². The van der Waals surface area contributed by atoms with Crippen LogP contribution in [0.5, 0.6) is 5.75 Å². The van der Waals surface area contributed by atoms with Gasteiger partial charge in [-0.3, -0.25) is 0 Å². The highest BCUT2D eigenvalue weighted by molar-refractivity contribution is 7.80. The van der Waals surface area contributed by atoms with Crippen LogP contribution in [0.3, 0.4) is 0 Å². The van der Waals surface area contributed by atoms with Gasteiger partial charge in [-0.05, 0) is 42.9 Å². The summed E-state index contributed by atoms with van der Waals surface area (Å²) in [6, 6.07) is 6.75. The molecule has 2 heteroatoms. The van der Waals surface area contributed by atoms with Gasteiger partial charge in [0.25, 0.3) is 0 Å². The molecule has 0 N–H and O–H groups in total. The van der Waals surface area contributed by atoms with Gasteiger partial charge in [-0.2, -0.15) is 12.6 Å². The average Bonchev–Trinajstić information content (AvgIpc) is 2.47. The van der Waals surface area contributed by atoms with Crippen LogP contribution in [0.1, 0.15) is 63.5 Å². The van der Waals surface area contributed by atoms with Gasteiger partial charge in [0, 0.05) is 5.75 Å². The van der Waals surface area contributed by atoms with Gasteiger partial charge in [-0.25, -0.2) is 0 Å². The summed E-state index contributed by atoms with van der Waals surface area (Å²) in [5.41, 5.74) is 2.84. The first-order valence-electron chi connectivity index (χ1n) is 8.17. The molecule has 0 aliphatic carbocycles. The molecule has 0 saturated heterocycles. The van der Waals surface area contributed by atoms with Crippen molar-refractivity contribution in [3.63, 3.8) is 0 Å². The summed E-state index contributed by atoms with van der Waals surface area (Å²) < 4.78 is 5.82. The van der Waals surface area contributed by atoms with Crippen LogP contribution in [0, 0.1) is 0 Å². The van der Waals surface area contributed by atoms with Crippen LogP contribution in [0.25, 0.3) is 0 Å². The smallest absolute Gasteiger partial charge is 0.122 e. The van der Waals surface area contributed by atoms with E-state index in [0.29, 0.717) is 6.61 Å². The minimum Gasteiger partial charge on any atom is -0.492 e. The Labute approximate surface area is 130 Å². The van der Waals surface area contributed by atoms with Crippen LogP contribution in [-0.2, 0) is 12.8 Å². The molecule has 0 radical (unpaired) electrons. The Morgan fingerprint density at radius 2 is 1.65 bits per heavy atom. The van der Waals surface area contributed by atoms with Crippen molar-refractivity contribution in [1.82, 2.24) is 0 Å².